The average Bonchev–Trinajstić information content (AvgIpc) is 2.14. The maximum Gasteiger partial charge on any atom is 0.722 e. The lowest BCUT2D eigenvalue weighted by Crippen LogP contribution is -2.63. The van der Waals surface area contributed by atoms with E-state index in [4.69, 9.17) is 25.0 Å². The van der Waals surface area contributed by atoms with Gasteiger partial charge in [-0.05, 0) is 78.6 Å². The molecule has 0 atom stereocenters. The van der Waals surface area contributed by atoms with Crippen LogP contribution in [0.3, 0.4) is 0 Å². The number of hydrogen-bond donors (Lipinski definition) is 0. The largest absolute Gasteiger partial charge is 0.722 e. The summed E-state index contributed by atoms with van der Waals surface area (Å²) in [6.07, 6.45) is 0. The molecule has 0 N–H and O–H groups in total. The molecule has 0 aliphatic heterocycles. The normalized spacial score (nSPS) is 14.6. The molecule has 27 heavy (non-hydrogen) atoms. The van der Waals surface area contributed by atoms with E-state index in [1.807, 2.05) is 39.3 Å². The van der Waals surface area contributed by atoms with E-state index in [-0.39, 0.29) is 0 Å². The molecule has 13 heteroatoms. The lowest BCUT2D eigenvalue weighted by atomic mass is 10.9. The minimum Gasteiger partial charge on any atom is -0.453 e. The van der Waals surface area contributed by atoms with Crippen LogP contribution < -0.4 is 0 Å². The third-order valence-electron chi connectivity index (χ3n) is 2.12. The second-order valence-electron chi connectivity index (χ2n) is 10.3. The van der Waals surface area contributed by atoms with Gasteiger partial charge in [-0.3, -0.25) is 4.79 Å². The van der Waals surface area contributed by atoms with Gasteiger partial charge in [0, 0.05) is 6.92 Å². The maximum atomic E-state index is 11.9. The van der Waals surface area contributed by atoms with Crippen LogP contribution in [0.25, 0.3) is 0 Å². The average molecular weight is 488 g/mol. The monoisotopic (exact) mass is 487 g/mol. The van der Waals surface area contributed by atoms with Crippen molar-refractivity contribution >= 4 is 57.8 Å². The second-order valence-corrected chi connectivity index (χ2v) is 33.0. The molecule has 0 bridgehead atoms. The molecule has 7 nitrogen and oxygen atoms in total. The van der Waals surface area contributed by atoms with Gasteiger partial charge in [-0.1, -0.05) is 0 Å². The second kappa shape index (κ2) is 9.59. The van der Waals surface area contributed by atoms with E-state index in [1.165, 1.54) is 6.92 Å². The molecule has 0 aliphatic rings. The zero-order chi connectivity index (χ0) is 21.9. The van der Waals surface area contributed by atoms with Gasteiger partial charge >= 0.3 is 18.6 Å². The van der Waals surface area contributed by atoms with Crippen molar-refractivity contribution in [2.45, 2.75) is 85.5 Å². The Labute approximate surface area is 173 Å². The fourth-order valence-corrected chi connectivity index (χ4v) is 16.6. The van der Waals surface area contributed by atoms with Gasteiger partial charge < -0.3 is 25.0 Å². The van der Waals surface area contributed by atoms with Crippen LogP contribution in [-0.4, -0.2) is 57.8 Å². The third kappa shape index (κ3) is 15.1. The Morgan fingerprint density at radius 3 is 1.15 bits per heavy atom. The van der Waals surface area contributed by atoms with Crippen molar-refractivity contribution in [3.63, 3.8) is 0 Å². The Balaban J connectivity index is 6.03. The lowest BCUT2D eigenvalue weighted by Gasteiger charge is -2.39. The lowest BCUT2D eigenvalue weighted by molar-refractivity contribution is -0.137. The van der Waals surface area contributed by atoms with Gasteiger partial charge in [0.25, 0.3) is 5.97 Å². The number of carbonyl (C=O) groups excluding carboxylic acids is 1. The predicted molar refractivity (Wildman–Crippen MR) is 122 cm³/mol. The van der Waals surface area contributed by atoms with E-state index in [9.17, 15) is 4.79 Å². The van der Waals surface area contributed by atoms with Crippen molar-refractivity contribution in [3.05, 3.63) is 0 Å². The summed E-state index contributed by atoms with van der Waals surface area (Å²) in [6.45, 7) is 25.9. The van der Waals surface area contributed by atoms with E-state index in [1.54, 1.807) is 0 Å². The third-order valence-corrected chi connectivity index (χ3v) is 17.5. The SMILES string of the molecule is CC(=O)O[Si](O[Si](O[Si](C)(C)C)O[Si](C)(C)C)(O[Si](C)(C)C)O[Si](C)(C)C. The molecule has 0 aliphatic carbocycles. The molecule has 0 saturated heterocycles. The van der Waals surface area contributed by atoms with Crippen LogP contribution in [-0.2, 0) is 29.8 Å². The first-order valence-electron chi connectivity index (χ1n) is 9.15. The molecular formula is C14H39O7Si6. The minimum absolute atomic E-state index is 0.486. The first-order valence-corrected chi connectivity index (χ1v) is 25.6. The van der Waals surface area contributed by atoms with Crippen LogP contribution in [0.2, 0.25) is 78.6 Å². The van der Waals surface area contributed by atoms with E-state index in [0.717, 1.165) is 0 Å². The van der Waals surface area contributed by atoms with Crippen LogP contribution in [0.5, 0.6) is 0 Å². The van der Waals surface area contributed by atoms with E-state index < -0.39 is 57.8 Å². The Morgan fingerprint density at radius 1 is 0.593 bits per heavy atom. The van der Waals surface area contributed by atoms with Gasteiger partial charge in [-0.25, -0.2) is 0 Å². The Bertz CT molecular complexity index is 458. The Kier molecular flexibility index (Phi) is 9.79. The predicted octanol–water partition coefficient (Wildman–Crippen LogP) is 4.39. The van der Waals surface area contributed by atoms with Crippen LogP contribution in [0.4, 0.5) is 0 Å². The molecule has 0 aromatic carbocycles. The first kappa shape index (κ1) is 27.6. The fraction of sp³-hybridized carbons (Fsp3) is 0.929. The zero-order valence-electron chi connectivity index (χ0n) is 19.4. The van der Waals surface area contributed by atoms with Crippen molar-refractivity contribution in [2.24, 2.45) is 0 Å². The van der Waals surface area contributed by atoms with E-state index >= 15 is 0 Å². The highest BCUT2D eigenvalue weighted by Crippen LogP contribution is 2.26. The summed E-state index contributed by atoms with van der Waals surface area (Å²) in [5.41, 5.74) is 0. The summed E-state index contributed by atoms with van der Waals surface area (Å²) in [6, 6.07) is 0. The van der Waals surface area contributed by atoms with Crippen LogP contribution in [0.1, 0.15) is 6.92 Å². The highest BCUT2D eigenvalue weighted by molar-refractivity contribution is 6.87. The zero-order valence-corrected chi connectivity index (χ0v) is 25.4. The molecule has 0 aromatic heterocycles. The maximum absolute atomic E-state index is 11.9. The first-order chi connectivity index (χ1) is 11.6. The number of hydrogen-bond acceptors (Lipinski definition) is 7. The molecule has 0 saturated carbocycles. The van der Waals surface area contributed by atoms with Gasteiger partial charge in [0.2, 0.25) is 0 Å². The molecule has 0 fully saturated rings. The van der Waals surface area contributed by atoms with Gasteiger partial charge in [0.15, 0.2) is 33.3 Å². The summed E-state index contributed by atoms with van der Waals surface area (Å²) < 4.78 is 37.0. The highest BCUT2D eigenvalue weighted by atomic mass is 28.5. The molecule has 161 valence electrons. The van der Waals surface area contributed by atoms with Gasteiger partial charge in [0.1, 0.15) is 0 Å². The van der Waals surface area contributed by atoms with E-state index in [0.29, 0.717) is 0 Å². The number of carbonyl (C=O) groups is 1. The Morgan fingerprint density at radius 2 is 0.926 bits per heavy atom. The van der Waals surface area contributed by atoms with Crippen molar-refractivity contribution in [2.75, 3.05) is 0 Å². The van der Waals surface area contributed by atoms with Crippen LogP contribution in [0, 0.1) is 0 Å². The molecule has 1 radical (unpaired) electrons. The standard InChI is InChI=1S/C14H39O7Si6/c1-14(15)16-27(20-25(8,9)10,21-26(11,12)13)19-22(17-23(2,3)4)18-24(5,6)7/h1-13H3. The molecule has 0 unspecified atom stereocenters. The topological polar surface area (TPSA) is 72.5 Å². The van der Waals surface area contributed by atoms with Gasteiger partial charge in [-0.2, -0.15) is 0 Å². The van der Waals surface area contributed by atoms with Crippen molar-refractivity contribution in [1.29, 1.82) is 0 Å². The molecule has 0 spiro atoms. The van der Waals surface area contributed by atoms with Crippen LogP contribution in [0.15, 0.2) is 0 Å². The van der Waals surface area contributed by atoms with Gasteiger partial charge in [-0.15, -0.1) is 0 Å². The molecule has 0 amide bonds. The minimum atomic E-state index is -3.78. The molecular weight excluding hydrogens is 449 g/mol. The highest BCUT2D eigenvalue weighted by Gasteiger charge is 2.58. The van der Waals surface area contributed by atoms with Crippen molar-refractivity contribution in [3.8, 4) is 0 Å². The summed E-state index contributed by atoms with van der Waals surface area (Å²) in [7, 11) is -14.2. The Hall–Kier alpha value is 0.571. The van der Waals surface area contributed by atoms with Crippen molar-refractivity contribution in [1.82, 2.24) is 0 Å². The summed E-state index contributed by atoms with van der Waals surface area (Å²) in [5.74, 6) is -0.486. The fourth-order valence-electron chi connectivity index (χ4n) is 1.72. The van der Waals surface area contributed by atoms with E-state index in [2.05, 4.69) is 39.3 Å². The van der Waals surface area contributed by atoms with Crippen LogP contribution >= 0.6 is 0 Å². The molecule has 0 aromatic rings. The summed E-state index contributed by atoms with van der Waals surface area (Å²) in [4.78, 5) is 11.9. The summed E-state index contributed by atoms with van der Waals surface area (Å²) >= 11 is 0. The number of rotatable bonds is 11. The molecule has 0 rings (SSSR count). The molecule has 0 heterocycles. The summed E-state index contributed by atoms with van der Waals surface area (Å²) in [5, 5.41) is 0. The van der Waals surface area contributed by atoms with Crippen molar-refractivity contribution < 1.29 is 29.8 Å². The quantitative estimate of drug-likeness (QED) is 0.400. The smallest absolute Gasteiger partial charge is 0.453 e. The van der Waals surface area contributed by atoms with Gasteiger partial charge in [0.05, 0.1) is 0 Å².